The van der Waals surface area contributed by atoms with Crippen molar-refractivity contribution in [1.82, 2.24) is 9.55 Å². The molecule has 0 spiro atoms. The van der Waals surface area contributed by atoms with Crippen molar-refractivity contribution in [3.63, 3.8) is 0 Å². The molecule has 0 fully saturated rings. The number of aliphatic hydroxyl groups excluding tert-OH is 1. The fourth-order valence-electron chi connectivity index (χ4n) is 1.52. The molecule has 1 rings (SSSR count). The van der Waals surface area contributed by atoms with Crippen LogP contribution in [0.25, 0.3) is 0 Å². The molecular weight excluding hydrogens is 208 g/mol. The molecule has 0 saturated heterocycles. The molecule has 1 atom stereocenters. The number of imidazole rings is 1. The maximum atomic E-state index is 9.95. The molecule has 1 aromatic heterocycles. The number of rotatable bonds is 7. The average molecular weight is 228 g/mol. The molecule has 4 heteroatoms. The van der Waals surface area contributed by atoms with E-state index in [4.69, 9.17) is 0 Å². The van der Waals surface area contributed by atoms with E-state index < -0.39 is 6.10 Å². The van der Waals surface area contributed by atoms with E-state index in [1.807, 2.05) is 22.5 Å². The zero-order valence-electron chi connectivity index (χ0n) is 9.52. The monoisotopic (exact) mass is 228 g/mol. The van der Waals surface area contributed by atoms with Gasteiger partial charge in [0.1, 0.15) is 11.9 Å². The molecule has 1 unspecified atom stereocenters. The Hall–Kier alpha value is -0.480. The van der Waals surface area contributed by atoms with Crippen LogP contribution in [-0.4, -0.2) is 26.2 Å². The highest BCUT2D eigenvalue weighted by atomic mass is 32.2. The predicted octanol–water partition coefficient (Wildman–Crippen LogP) is 2.47. The SMILES string of the molecule is CCCn1ccnc1C(O)CCSCC. The van der Waals surface area contributed by atoms with Gasteiger partial charge < -0.3 is 9.67 Å². The van der Waals surface area contributed by atoms with E-state index in [0.717, 1.165) is 36.7 Å². The van der Waals surface area contributed by atoms with Crippen molar-refractivity contribution < 1.29 is 5.11 Å². The molecule has 0 aromatic carbocycles. The van der Waals surface area contributed by atoms with Gasteiger partial charge in [-0.15, -0.1) is 0 Å². The zero-order valence-corrected chi connectivity index (χ0v) is 10.3. The maximum absolute atomic E-state index is 9.95. The van der Waals surface area contributed by atoms with Crippen LogP contribution >= 0.6 is 11.8 Å². The molecule has 0 saturated carbocycles. The summed E-state index contributed by atoms with van der Waals surface area (Å²) in [5.41, 5.74) is 0. The van der Waals surface area contributed by atoms with Crippen LogP contribution in [0.15, 0.2) is 12.4 Å². The Morgan fingerprint density at radius 1 is 1.53 bits per heavy atom. The third-order valence-electron chi connectivity index (χ3n) is 2.25. The lowest BCUT2D eigenvalue weighted by Gasteiger charge is -2.12. The highest BCUT2D eigenvalue weighted by Crippen LogP contribution is 2.17. The van der Waals surface area contributed by atoms with Gasteiger partial charge in [-0.2, -0.15) is 11.8 Å². The van der Waals surface area contributed by atoms with Crippen molar-refractivity contribution in [3.8, 4) is 0 Å². The van der Waals surface area contributed by atoms with E-state index in [2.05, 4.69) is 18.8 Å². The lowest BCUT2D eigenvalue weighted by Crippen LogP contribution is -2.09. The number of thioether (sulfide) groups is 1. The van der Waals surface area contributed by atoms with Crippen LogP contribution in [-0.2, 0) is 6.54 Å². The first-order chi connectivity index (χ1) is 7.29. The number of nitrogens with zero attached hydrogens (tertiary/aromatic N) is 2. The van der Waals surface area contributed by atoms with Crippen molar-refractivity contribution in [2.45, 2.75) is 39.3 Å². The first-order valence-electron chi connectivity index (χ1n) is 5.56. The van der Waals surface area contributed by atoms with Gasteiger partial charge in [0.15, 0.2) is 0 Å². The second kappa shape index (κ2) is 6.90. The summed E-state index contributed by atoms with van der Waals surface area (Å²) in [6.07, 6.45) is 5.15. The molecule has 0 aliphatic heterocycles. The topological polar surface area (TPSA) is 38.0 Å². The third kappa shape index (κ3) is 3.87. The number of hydrogen-bond acceptors (Lipinski definition) is 3. The van der Waals surface area contributed by atoms with E-state index >= 15 is 0 Å². The summed E-state index contributed by atoms with van der Waals surface area (Å²) in [6, 6.07) is 0. The van der Waals surface area contributed by atoms with Gasteiger partial charge in [-0.05, 0) is 24.3 Å². The molecule has 86 valence electrons. The molecule has 0 aliphatic carbocycles. The smallest absolute Gasteiger partial charge is 0.137 e. The Morgan fingerprint density at radius 2 is 2.33 bits per heavy atom. The molecule has 0 amide bonds. The highest BCUT2D eigenvalue weighted by Gasteiger charge is 2.12. The first-order valence-corrected chi connectivity index (χ1v) is 6.71. The summed E-state index contributed by atoms with van der Waals surface area (Å²) < 4.78 is 2.04. The van der Waals surface area contributed by atoms with Crippen LogP contribution in [0.3, 0.4) is 0 Å². The van der Waals surface area contributed by atoms with Gasteiger partial charge in [0.25, 0.3) is 0 Å². The number of aromatic nitrogens is 2. The van der Waals surface area contributed by atoms with Gasteiger partial charge in [-0.1, -0.05) is 13.8 Å². The lowest BCUT2D eigenvalue weighted by atomic mass is 10.2. The van der Waals surface area contributed by atoms with E-state index in [1.165, 1.54) is 0 Å². The van der Waals surface area contributed by atoms with Gasteiger partial charge >= 0.3 is 0 Å². The Kier molecular flexibility index (Phi) is 5.79. The average Bonchev–Trinajstić information content (AvgIpc) is 2.67. The second-order valence-electron chi connectivity index (χ2n) is 3.48. The fraction of sp³-hybridized carbons (Fsp3) is 0.727. The second-order valence-corrected chi connectivity index (χ2v) is 4.87. The van der Waals surface area contributed by atoms with Gasteiger partial charge in [0, 0.05) is 18.9 Å². The van der Waals surface area contributed by atoms with E-state index in [0.29, 0.717) is 0 Å². The zero-order chi connectivity index (χ0) is 11.1. The molecule has 1 heterocycles. The number of aliphatic hydroxyl groups is 1. The maximum Gasteiger partial charge on any atom is 0.137 e. The summed E-state index contributed by atoms with van der Waals surface area (Å²) in [5.74, 6) is 2.92. The van der Waals surface area contributed by atoms with Crippen molar-refractivity contribution in [1.29, 1.82) is 0 Å². The van der Waals surface area contributed by atoms with Crippen molar-refractivity contribution in [2.75, 3.05) is 11.5 Å². The molecule has 0 aliphatic rings. The van der Waals surface area contributed by atoms with Crippen LogP contribution < -0.4 is 0 Å². The van der Waals surface area contributed by atoms with Crippen LogP contribution in [0, 0.1) is 0 Å². The molecule has 0 bridgehead atoms. The van der Waals surface area contributed by atoms with E-state index in [1.54, 1.807) is 6.20 Å². The van der Waals surface area contributed by atoms with Crippen molar-refractivity contribution in [3.05, 3.63) is 18.2 Å². The fourth-order valence-corrected chi connectivity index (χ4v) is 2.20. The molecule has 1 aromatic rings. The Labute approximate surface area is 95.9 Å². The Balaban J connectivity index is 2.48. The third-order valence-corrected chi connectivity index (χ3v) is 3.18. The minimum Gasteiger partial charge on any atom is -0.385 e. The van der Waals surface area contributed by atoms with E-state index in [9.17, 15) is 5.11 Å². The Bertz CT molecular complexity index is 275. The summed E-state index contributed by atoms with van der Waals surface area (Å²) in [7, 11) is 0. The normalized spacial score (nSPS) is 13.0. The van der Waals surface area contributed by atoms with E-state index in [-0.39, 0.29) is 0 Å². The molecule has 3 nitrogen and oxygen atoms in total. The summed E-state index contributed by atoms with van der Waals surface area (Å²) in [6.45, 7) is 5.20. The predicted molar refractivity (Wildman–Crippen MR) is 65.1 cm³/mol. The first kappa shape index (κ1) is 12.6. The van der Waals surface area contributed by atoms with Crippen molar-refractivity contribution >= 4 is 11.8 Å². The lowest BCUT2D eigenvalue weighted by molar-refractivity contribution is 0.160. The Morgan fingerprint density at radius 3 is 3.00 bits per heavy atom. The quantitative estimate of drug-likeness (QED) is 0.729. The molecule has 15 heavy (non-hydrogen) atoms. The minimum absolute atomic E-state index is 0.411. The van der Waals surface area contributed by atoms with Gasteiger partial charge in [0.2, 0.25) is 0 Å². The van der Waals surface area contributed by atoms with Crippen LogP contribution in [0.1, 0.15) is 38.6 Å². The number of hydrogen-bond donors (Lipinski definition) is 1. The molecular formula is C11H20N2OS. The molecule has 0 radical (unpaired) electrons. The van der Waals surface area contributed by atoms with Crippen LogP contribution in [0.2, 0.25) is 0 Å². The van der Waals surface area contributed by atoms with Gasteiger partial charge in [-0.25, -0.2) is 4.98 Å². The van der Waals surface area contributed by atoms with Crippen LogP contribution in [0.4, 0.5) is 0 Å². The minimum atomic E-state index is -0.411. The summed E-state index contributed by atoms with van der Waals surface area (Å²) in [5, 5.41) is 9.95. The van der Waals surface area contributed by atoms with Crippen molar-refractivity contribution in [2.24, 2.45) is 0 Å². The van der Waals surface area contributed by atoms with Crippen LogP contribution in [0.5, 0.6) is 0 Å². The number of aryl methyl sites for hydroxylation is 1. The summed E-state index contributed by atoms with van der Waals surface area (Å²) in [4.78, 5) is 4.22. The summed E-state index contributed by atoms with van der Waals surface area (Å²) >= 11 is 1.86. The standard InChI is InChI=1S/C11H20N2OS/c1-3-7-13-8-6-12-11(13)10(14)5-9-15-4-2/h6,8,10,14H,3-5,7,9H2,1-2H3. The molecule has 1 N–H and O–H groups in total. The largest absolute Gasteiger partial charge is 0.385 e. The highest BCUT2D eigenvalue weighted by molar-refractivity contribution is 7.99. The van der Waals surface area contributed by atoms with Gasteiger partial charge in [0.05, 0.1) is 0 Å². The van der Waals surface area contributed by atoms with Gasteiger partial charge in [-0.3, -0.25) is 0 Å².